The summed E-state index contributed by atoms with van der Waals surface area (Å²) in [4.78, 5) is 7.92. The van der Waals surface area contributed by atoms with Gasteiger partial charge in [0.15, 0.2) is 5.13 Å². The number of aryl methyl sites for hydroxylation is 1. The molecule has 0 unspecified atom stereocenters. The number of nitrogens with two attached hydrogens (primary N) is 1. The summed E-state index contributed by atoms with van der Waals surface area (Å²) in [6.45, 7) is 4.33. The molecule has 0 bridgehead atoms. The topological polar surface area (TPSA) is 42.2 Å². The molecule has 1 aliphatic rings. The van der Waals surface area contributed by atoms with E-state index in [4.69, 9.17) is 5.73 Å². The molecule has 0 saturated carbocycles. The maximum absolute atomic E-state index is 5.76. The van der Waals surface area contributed by atoms with Gasteiger partial charge in [0.2, 0.25) is 0 Å². The van der Waals surface area contributed by atoms with Gasteiger partial charge >= 0.3 is 0 Å². The van der Waals surface area contributed by atoms with Crippen molar-refractivity contribution >= 4 is 22.3 Å². The SMILES string of the molecule is Cc1sc(N2CCCCCC2)nc1N. The third-order valence-electron chi connectivity index (χ3n) is 2.70. The van der Waals surface area contributed by atoms with Gasteiger partial charge in [-0.15, -0.1) is 0 Å². The first-order valence-electron chi connectivity index (χ1n) is 5.25. The minimum atomic E-state index is 0.703. The molecule has 4 heteroatoms. The van der Waals surface area contributed by atoms with Gasteiger partial charge in [0, 0.05) is 18.0 Å². The highest BCUT2D eigenvalue weighted by Gasteiger charge is 2.14. The van der Waals surface area contributed by atoms with Crippen molar-refractivity contribution in [1.82, 2.24) is 4.98 Å². The Bertz CT molecular complexity index is 281. The normalized spacial score (nSPS) is 18.2. The second-order valence-electron chi connectivity index (χ2n) is 3.84. The van der Waals surface area contributed by atoms with Crippen LogP contribution in [0.2, 0.25) is 0 Å². The fourth-order valence-corrected chi connectivity index (χ4v) is 2.67. The first-order valence-corrected chi connectivity index (χ1v) is 6.07. The molecule has 1 saturated heterocycles. The fraction of sp³-hybridized carbons (Fsp3) is 0.700. The lowest BCUT2D eigenvalue weighted by Crippen LogP contribution is -2.23. The summed E-state index contributed by atoms with van der Waals surface area (Å²) in [5, 5.41) is 1.11. The number of hydrogen-bond acceptors (Lipinski definition) is 4. The summed E-state index contributed by atoms with van der Waals surface area (Å²) in [5.74, 6) is 0.703. The molecule has 14 heavy (non-hydrogen) atoms. The number of aromatic nitrogens is 1. The number of rotatable bonds is 1. The van der Waals surface area contributed by atoms with E-state index in [0.29, 0.717) is 5.82 Å². The van der Waals surface area contributed by atoms with Crippen LogP contribution in [0.5, 0.6) is 0 Å². The highest BCUT2D eigenvalue weighted by Crippen LogP contribution is 2.28. The molecule has 1 aliphatic heterocycles. The van der Waals surface area contributed by atoms with Gasteiger partial charge in [-0.25, -0.2) is 4.98 Å². The lowest BCUT2D eigenvalue weighted by atomic mass is 10.2. The zero-order chi connectivity index (χ0) is 9.97. The molecule has 1 aromatic rings. The van der Waals surface area contributed by atoms with Crippen LogP contribution in [0.3, 0.4) is 0 Å². The molecule has 2 N–H and O–H groups in total. The Labute approximate surface area is 88.9 Å². The van der Waals surface area contributed by atoms with Crippen molar-refractivity contribution < 1.29 is 0 Å². The average molecular weight is 211 g/mol. The molecule has 0 radical (unpaired) electrons. The van der Waals surface area contributed by atoms with Crippen molar-refractivity contribution in [2.45, 2.75) is 32.6 Å². The predicted molar refractivity (Wildman–Crippen MR) is 61.9 cm³/mol. The van der Waals surface area contributed by atoms with Crippen LogP contribution in [0.15, 0.2) is 0 Å². The van der Waals surface area contributed by atoms with Gasteiger partial charge in [-0.1, -0.05) is 24.2 Å². The lowest BCUT2D eigenvalue weighted by Gasteiger charge is -2.18. The van der Waals surface area contributed by atoms with Gasteiger partial charge < -0.3 is 10.6 Å². The number of anilines is 2. The molecule has 0 amide bonds. The van der Waals surface area contributed by atoms with E-state index in [9.17, 15) is 0 Å². The summed E-state index contributed by atoms with van der Waals surface area (Å²) in [7, 11) is 0. The predicted octanol–water partition coefficient (Wildman–Crippen LogP) is 2.41. The van der Waals surface area contributed by atoms with E-state index in [1.165, 1.54) is 25.7 Å². The number of nitrogen functional groups attached to an aromatic ring is 1. The van der Waals surface area contributed by atoms with Crippen LogP contribution in [-0.2, 0) is 0 Å². The first-order chi connectivity index (χ1) is 6.77. The minimum absolute atomic E-state index is 0.703. The van der Waals surface area contributed by atoms with Gasteiger partial charge in [-0.2, -0.15) is 0 Å². The minimum Gasteiger partial charge on any atom is -0.383 e. The highest BCUT2D eigenvalue weighted by atomic mass is 32.1. The Hall–Kier alpha value is -0.770. The number of hydrogen-bond donors (Lipinski definition) is 1. The summed E-state index contributed by atoms with van der Waals surface area (Å²) in [6, 6.07) is 0. The smallest absolute Gasteiger partial charge is 0.187 e. The fourth-order valence-electron chi connectivity index (χ4n) is 1.79. The molecule has 78 valence electrons. The molecular formula is C10H17N3S. The summed E-state index contributed by atoms with van der Waals surface area (Å²) >= 11 is 1.72. The molecule has 2 rings (SSSR count). The largest absolute Gasteiger partial charge is 0.383 e. The monoisotopic (exact) mass is 211 g/mol. The second kappa shape index (κ2) is 4.17. The van der Waals surface area contributed by atoms with Crippen molar-refractivity contribution in [2.24, 2.45) is 0 Å². The molecule has 0 aromatic carbocycles. The first kappa shape index (κ1) is 9.77. The van der Waals surface area contributed by atoms with E-state index in [1.54, 1.807) is 11.3 Å². The lowest BCUT2D eigenvalue weighted by molar-refractivity contribution is 0.726. The Kier molecular flexibility index (Phi) is 2.91. The maximum atomic E-state index is 5.76. The molecule has 2 heterocycles. The van der Waals surface area contributed by atoms with Crippen molar-refractivity contribution in [3.63, 3.8) is 0 Å². The van der Waals surface area contributed by atoms with Gasteiger partial charge in [0.1, 0.15) is 5.82 Å². The quantitative estimate of drug-likeness (QED) is 0.775. The van der Waals surface area contributed by atoms with Crippen LogP contribution in [-0.4, -0.2) is 18.1 Å². The molecule has 1 aromatic heterocycles. The van der Waals surface area contributed by atoms with Crippen LogP contribution >= 0.6 is 11.3 Å². The van der Waals surface area contributed by atoms with Crippen LogP contribution in [0, 0.1) is 6.92 Å². The average Bonchev–Trinajstić information content (AvgIpc) is 2.46. The molecule has 1 fully saturated rings. The molecule has 0 atom stereocenters. The van der Waals surface area contributed by atoms with Gasteiger partial charge in [0.25, 0.3) is 0 Å². The van der Waals surface area contributed by atoms with Crippen LogP contribution in [0.4, 0.5) is 10.9 Å². The van der Waals surface area contributed by atoms with Crippen molar-refractivity contribution in [2.75, 3.05) is 23.7 Å². The zero-order valence-corrected chi connectivity index (χ0v) is 9.44. The van der Waals surface area contributed by atoms with Crippen molar-refractivity contribution in [3.8, 4) is 0 Å². The Balaban J connectivity index is 2.12. The summed E-state index contributed by atoms with van der Waals surface area (Å²) < 4.78 is 0. The van der Waals surface area contributed by atoms with Crippen molar-refractivity contribution in [3.05, 3.63) is 4.88 Å². The van der Waals surface area contributed by atoms with Crippen LogP contribution in [0.1, 0.15) is 30.6 Å². The molecular weight excluding hydrogens is 194 g/mol. The second-order valence-corrected chi connectivity index (χ2v) is 5.02. The van der Waals surface area contributed by atoms with E-state index in [2.05, 4.69) is 9.88 Å². The van der Waals surface area contributed by atoms with E-state index in [-0.39, 0.29) is 0 Å². The van der Waals surface area contributed by atoms with Gasteiger partial charge in [0.05, 0.1) is 0 Å². The van der Waals surface area contributed by atoms with Crippen molar-refractivity contribution in [1.29, 1.82) is 0 Å². The van der Waals surface area contributed by atoms with E-state index in [0.717, 1.165) is 23.1 Å². The Morgan fingerprint density at radius 3 is 2.36 bits per heavy atom. The number of thiazole rings is 1. The van der Waals surface area contributed by atoms with Gasteiger partial charge in [-0.3, -0.25) is 0 Å². The van der Waals surface area contributed by atoms with Gasteiger partial charge in [-0.05, 0) is 19.8 Å². The maximum Gasteiger partial charge on any atom is 0.187 e. The zero-order valence-electron chi connectivity index (χ0n) is 8.62. The van der Waals surface area contributed by atoms with Crippen LogP contribution < -0.4 is 10.6 Å². The number of nitrogens with zero attached hydrogens (tertiary/aromatic N) is 2. The standard InChI is InChI=1S/C10H17N3S/c1-8-9(11)12-10(14-8)13-6-4-2-3-5-7-13/h2-7,11H2,1H3. The van der Waals surface area contributed by atoms with E-state index < -0.39 is 0 Å². The Morgan fingerprint density at radius 2 is 1.86 bits per heavy atom. The van der Waals surface area contributed by atoms with E-state index >= 15 is 0 Å². The third-order valence-corrected chi connectivity index (χ3v) is 3.75. The summed E-state index contributed by atoms with van der Waals surface area (Å²) in [5.41, 5.74) is 5.76. The Morgan fingerprint density at radius 1 is 1.21 bits per heavy atom. The highest BCUT2D eigenvalue weighted by molar-refractivity contribution is 7.16. The molecule has 0 spiro atoms. The molecule has 3 nitrogen and oxygen atoms in total. The third kappa shape index (κ3) is 2.00. The van der Waals surface area contributed by atoms with E-state index in [1.807, 2.05) is 6.92 Å². The van der Waals surface area contributed by atoms with Crippen LogP contribution in [0.25, 0.3) is 0 Å². The molecule has 0 aliphatic carbocycles. The summed E-state index contributed by atoms with van der Waals surface area (Å²) in [6.07, 6.45) is 5.30.